The Hall–Kier alpha value is -2.84. The van der Waals surface area contributed by atoms with Crippen molar-refractivity contribution in [2.75, 3.05) is 26.9 Å². The lowest BCUT2D eigenvalue weighted by Gasteiger charge is -2.29. The van der Waals surface area contributed by atoms with Gasteiger partial charge in [-0.3, -0.25) is 9.59 Å². The lowest BCUT2D eigenvalue weighted by molar-refractivity contribution is -0.131. The molecule has 0 aliphatic carbocycles. The Bertz CT molecular complexity index is 994. The van der Waals surface area contributed by atoms with Gasteiger partial charge in [0.15, 0.2) is 17.3 Å². The second-order valence-electron chi connectivity index (χ2n) is 7.41. The van der Waals surface area contributed by atoms with Crippen molar-refractivity contribution in [1.82, 2.24) is 4.90 Å². The number of ketones is 1. The summed E-state index contributed by atoms with van der Waals surface area (Å²) in [5.41, 5.74) is 0.743. The number of rotatable bonds is 8. The third kappa shape index (κ3) is 4.05. The lowest BCUT2D eigenvalue weighted by Crippen LogP contribution is -2.37. The molecule has 1 saturated heterocycles. The smallest absolute Gasteiger partial charge is 0.290 e. The normalized spacial score (nSPS) is 21.1. The molecule has 1 aromatic carbocycles. The fourth-order valence-corrected chi connectivity index (χ4v) is 4.78. The molecule has 1 aromatic heterocycles. The summed E-state index contributed by atoms with van der Waals surface area (Å²) in [6.07, 6.45) is 1.63. The summed E-state index contributed by atoms with van der Waals surface area (Å²) >= 11 is 1.28. The highest BCUT2D eigenvalue weighted by molar-refractivity contribution is 7.12. The van der Waals surface area contributed by atoms with E-state index >= 15 is 0 Å². The highest BCUT2D eigenvalue weighted by atomic mass is 32.1. The fourth-order valence-electron chi connectivity index (χ4n) is 4.10. The van der Waals surface area contributed by atoms with Gasteiger partial charge in [0.1, 0.15) is 0 Å². The Kier molecular flexibility index (Phi) is 6.29. The maximum atomic E-state index is 13.3. The second kappa shape index (κ2) is 9.11. The van der Waals surface area contributed by atoms with Gasteiger partial charge < -0.3 is 24.2 Å². The summed E-state index contributed by atoms with van der Waals surface area (Å²) in [7, 11) is 1.54. The maximum absolute atomic E-state index is 13.3. The van der Waals surface area contributed by atoms with Crippen LogP contribution in [0.1, 0.15) is 41.0 Å². The molecule has 31 heavy (non-hydrogen) atoms. The molecule has 4 rings (SSSR count). The van der Waals surface area contributed by atoms with Crippen LogP contribution in [0.3, 0.4) is 0 Å². The highest BCUT2D eigenvalue weighted by Crippen LogP contribution is 2.42. The maximum Gasteiger partial charge on any atom is 0.290 e. The van der Waals surface area contributed by atoms with E-state index in [-0.39, 0.29) is 17.5 Å². The number of benzene rings is 1. The van der Waals surface area contributed by atoms with Crippen LogP contribution in [0.5, 0.6) is 11.5 Å². The van der Waals surface area contributed by atoms with Crippen LogP contribution in [0.4, 0.5) is 0 Å². The number of amides is 1. The van der Waals surface area contributed by atoms with Crippen LogP contribution in [0.2, 0.25) is 0 Å². The predicted molar refractivity (Wildman–Crippen MR) is 116 cm³/mol. The molecule has 164 valence electrons. The molecular formula is C23H25NO6S. The Labute approximate surface area is 184 Å². The van der Waals surface area contributed by atoms with Gasteiger partial charge in [0, 0.05) is 13.2 Å². The fraction of sp³-hybridized carbons (Fsp3) is 0.391. The zero-order valence-electron chi connectivity index (χ0n) is 17.5. The number of aliphatic hydroxyl groups excluding tert-OH is 1. The first-order valence-electron chi connectivity index (χ1n) is 10.3. The zero-order valence-corrected chi connectivity index (χ0v) is 18.3. The number of thiophene rings is 1. The Morgan fingerprint density at radius 2 is 2.16 bits per heavy atom. The first kappa shape index (κ1) is 21.4. The monoisotopic (exact) mass is 443 g/mol. The van der Waals surface area contributed by atoms with Gasteiger partial charge in [-0.15, -0.1) is 11.3 Å². The molecule has 2 aromatic rings. The molecule has 1 fully saturated rings. The van der Waals surface area contributed by atoms with E-state index in [0.717, 1.165) is 12.8 Å². The lowest BCUT2D eigenvalue weighted by atomic mass is 9.95. The molecule has 0 saturated carbocycles. The number of carbonyl (C=O) groups is 2. The average Bonchev–Trinajstić information content (AvgIpc) is 3.53. The first-order valence-corrected chi connectivity index (χ1v) is 11.2. The summed E-state index contributed by atoms with van der Waals surface area (Å²) in [4.78, 5) is 28.3. The van der Waals surface area contributed by atoms with Gasteiger partial charge in [0.25, 0.3) is 5.91 Å². The number of hydrogen-bond donors (Lipinski definition) is 1. The van der Waals surface area contributed by atoms with Crippen molar-refractivity contribution in [2.24, 2.45) is 0 Å². The molecule has 1 N–H and O–H groups in total. The van der Waals surface area contributed by atoms with Crippen LogP contribution < -0.4 is 9.47 Å². The van der Waals surface area contributed by atoms with Gasteiger partial charge in [-0.25, -0.2) is 0 Å². The molecule has 2 aliphatic heterocycles. The minimum atomic E-state index is -0.740. The van der Waals surface area contributed by atoms with Crippen LogP contribution in [0, 0.1) is 0 Å². The van der Waals surface area contributed by atoms with Crippen molar-refractivity contribution in [3.8, 4) is 11.5 Å². The van der Waals surface area contributed by atoms with E-state index in [1.54, 1.807) is 35.7 Å². The van der Waals surface area contributed by atoms with Gasteiger partial charge in [-0.2, -0.15) is 0 Å². The van der Waals surface area contributed by atoms with Gasteiger partial charge in [0.2, 0.25) is 5.78 Å². The van der Waals surface area contributed by atoms with Gasteiger partial charge >= 0.3 is 0 Å². The Morgan fingerprint density at radius 1 is 1.32 bits per heavy atom. The Balaban J connectivity index is 1.77. The van der Waals surface area contributed by atoms with Gasteiger partial charge in [0.05, 0.1) is 36.3 Å². The predicted octanol–water partition coefficient (Wildman–Crippen LogP) is 3.91. The summed E-state index contributed by atoms with van der Waals surface area (Å²) in [5.74, 6) is -0.350. The third-order valence-electron chi connectivity index (χ3n) is 5.52. The summed E-state index contributed by atoms with van der Waals surface area (Å²) in [6.45, 7) is 3.30. The standard InChI is InChI=1S/C23H25NO6S/c1-3-29-16-9-8-14(12-17(16)28-2)20-19(21(25)18-7-5-11-31-18)22(26)23(27)24(20)13-15-6-4-10-30-15/h5,7-9,11-12,15,20,26H,3-4,6,10,13H2,1-2H3. The van der Waals surface area contributed by atoms with Crippen LogP contribution in [0.15, 0.2) is 47.0 Å². The minimum absolute atomic E-state index is 0.0802. The minimum Gasteiger partial charge on any atom is -0.503 e. The van der Waals surface area contributed by atoms with E-state index in [1.165, 1.54) is 23.3 Å². The molecule has 2 aliphatic rings. The number of hydrogen-bond acceptors (Lipinski definition) is 7. The number of ether oxygens (including phenoxy) is 3. The molecule has 3 heterocycles. The number of aliphatic hydroxyl groups is 1. The molecule has 1 amide bonds. The first-order chi connectivity index (χ1) is 15.0. The van der Waals surface area contributed by atoms with E-state index in [2.05, 4.69) is 0 Å². The molecule has 0 spiro atoms. The number of Topliss-reactive ketones (excluding diaryl/α,β-unsaturated/α-hetero) is 1. The van der Waals surface area contributed by atoms with Crippen LogP contribution in [-0.2, 0) is 9.53 Å². The number of carbonyl (C=O) groups excluding carboxylic acids is 2. The topological polar surface area (TPSA) is 85.3 Å². The van der Waals surface area contributed by atoms with E-state index < -0.39 is 17.7 Å². The van der Waals surface area contributed by atoms with Crippen LogP contribution in [0.25, 0.3) is 0 Å². The molecule has 2 unspecified atom stereocenters. The highest BCUT2D eigenvalue weighted by Gasteiger charge is 2.45. The quantitative estimate of drug-likeness (QED) is 0.623. The summed E-state index contributed by atoms with van der Waals surface area (Å²) in [6, 6.07) is 8.03. The van der Waals surface area contributed by atoms with Crippen molar-refractivity contribution in [3.05, 3.63) is 57.5 Å². The molecule has 0 radical (unpaired) electrons. The van der Waals surface area contributed by atoms with E-state index in [0.29, 0.717) is 41.7 Å². The van der Waals surface area contributed by atoms with Crippen molar-refractivity contribution in [2.45, 2.75) is 31.9 Å². The molecule has 8 heteroatoms. The second-order valence-corrected chi connectivity index (χ2v) is 8.35. The van der Waals surface area contributed by atoms with Crippen LogP contribution in [-0.4, -0.2) is 54.7 Å². The van der Waals surface area contributed by atoms with E-state index in [4.69, 9.17) is 14.2 Å². The van der Waals surface area contributed by atoms with Crippen molar-refractivity contribution < 1.29 is 28.9 Å². The summed E-state index contributed by atoms with van der Waals surface area (Å²) in [5, 5.41) is 12.5. The largest absolute Gasteiger partial charge is 0.503 e. The third-order valence-corrected chi connectivity index (χ3v) is 6.39. The average molecular weight is 444 g/mol. The molecular weight excluding hydrogens is 418 g/mol. The molecule has 2 atom stereocenters. The van der Waals surface area contributed by atoms with Gasteiger partial charge in [-0.1, -0.05) is 12.1 Å². The van der Waals surface area contributed by atoms with E-state index in [1.807, 2.05) is 6.92 Å². The van der Waals surface area contributed by atoms with E-state index in [9.17, 15) is 14.7 Å². The van der Waals surface area contributed by atoms with Crippen LogP contribution >= 0.6 is 11.3 Å². The van der Waals surface area contributed by atoms with Crippen molar-refractivity contribution in [1.29, 1.82) is 0 Å². The number of methoxy groups -OCH3 is 1. The van der Waals surface area contributed by atoms with Gasteiger partial charge in [-0.05, 0) is 48.9 Å². The molecule has 0 bridgehead atoms. The Morgan fingerprint density at radius 3 is 2.81 bits per heavy atom. The summed E-state index contributed by atoms with van der Waals surface area (Å²) < 4.78 is 16.8. The molecule has 7 nitrogen and oxygen atoms in total. The van der Waals surface area contributed by atoms with Crippen molar-refractivity contribution in [3.63, 3.8) is 0 Å². The SMILES string of the molecule is CCOc1ccc(C2C(C(=O)c3cccs3)=C(O)C(=O)N2CC2CCCO2)cc1OC. The zero-order chi connectivity index (χ0) is 22.0. The van der Waals surface area contributed by atoms with Crippen molar-refractivity contribution >= 4 is 23.0 Å². The number of nitrogens with zero attached hydrogens (tertiary/aromatic N) is 1.